The third-order valence-corrected chi connectivity index (χ3v) is 5.80. The molecule has 0 spiro atoms. The minimum Gasteiger partial charge on any atom is -0.309 e. The molecule has 0 bridgehead atoms. The van der Waals surface area contributed by atoms with Crippen molar-refractivity contribution in [2.75, 3.05) is 32.7 Å². The molecule has 7 heteroatoms. The first kappa shape index (κ1) is 24.2. The Hall–Kier alpha value is -1.11. The van der Waals surface area contributed by atoms with Crippen molar-refractivity contribution in [3.05, 3.63) is 52.8 Å². The van der Waals surface area contributed by atoms with Crippen LogP contribution in [0.25, 0.3) is 0 Å². The first-order valence-corrected chi connectivity index (χ1v) is 10.3. The van der Waals surface area contributed by atoms with Crippen LogP contribution in [0, 0.1) is 0 Å². The number of nitrogens with zero attached hydrogens (tertiary/aromatic N) is 4. The molecule has 0 amide bonds. The van der Waals surface area contributed by atoms with Gasteiger partial charge in [-0.1, -0.05) is 45.0 Å². The van der Waals surface area contributed by atoms with Gasteiger partial charge in [0.25, 0.3) is 0 Å². The lowest BCUT2D eigenvalue weighted by Crippen LogP contribution is -2.45. The van der Waals surface area contributed by atoms with Gasteiger partial charge in [-0.2, -0.15) is 5.10 Å². The molecule has 3 heterocycles. The molecule has 29 heavy (non-hydrogen) atoms. The molecule has 162 valence electrons. The lowest BCUT2D eigenvalue weighted by atomic mass is 9.87. The van der Waals surface area contributed by atoms with Gasteiger partial charge in [-0.3, -0.25) is 14.5 Å². The van der Waals surface area contributed by atoms with Crippen LogP contribution < -0.4 is 5.32 Å². The smallest absolute Gasteiger partial charge is 0.0768 e. The van der Waals surface area contributed by atoms with E-state index in [0.29, 0.717) is 0 Å². The minimum absolute atomic E-state index is 0. The number of hydrogen-bond acceptors (Lipinski definition) is 4. The van der Waals surface area contributed by atoms with Gasteiger partial charge in [0.1, 0.15) is 0 Å². The Morgan fingerprint density at radius 2 is 1.52 bits per heavy atom. The SMILES string of the molecule is CC(C)(C)c1ccc(CN2CCN(Cc3cc4n(n3)CCNC4)CC2)cc1.Cl.Cl. The van der Waals surface area contributed by atoms with Gasteiger partial charge in [0, 0.05) is 52.4 Å². The molecule has 1 aromatic carbocycles. The predicted molar refractivity (Wildman–Crippen MR) is 124 cm³/mol. The standard InChI is InChI=1S/C22H33N5.2ClH/c1-22(2,3)19-6-4-18(5-7-19)16-25-10-12-26(13-11-25)17-20-14-21-15-23-8-9-27(21)24-20;;/h4-7,14,23H,8-13,15-17H2,1-3H3;2*1H. The van der Waals surface area contributed by atoms with E-state index in [2.05, 4.69) is 70.9 Å². The maximum atomic E-state index is 4.78. The van der Waals surface area contributed by atoms with Crippen LogP contribution >= 0.6 is 24.8 Å². The van der Waals surface area contributed by atoms with Gasteiger partial charge in [0.2, 0.25) is 0 Å². The van der Waals surface area contributed by atoms with E-state index in [0.717, 1.165) is 58.9 Å². The number of nitrogens with one attached hydrogen (secondary N) is 1. The first-order valence-electron chi connectivity index (χ1n) is 10.3. The van der Waals surface area contributed by atoms with Crippen LogP contribution in [0.1, 0.15) is 43.3 Å². The first-order chi connectivity index (χ1) is 13.0. The van der Waals surface area contributed by atoms with E-state index < -0.39 is 0 Å². The van der Waals surface area contributed by atoms with Crippen molar-refractivity contribution in [1.29, 1.82) is 0 Å². The van der Waals surface area contributed by atoms with Crippen molar-refractivity contribution in [2.24, 2.45) is 0 Å². The van der Waals surface area contributed by atoms with E-state index in [1.807, 2.05) is 0 Å². The van der Waals surface area contributed by atoms with Crippen molar-refractivity contribution in [3.63, 3.8) is 0 Å². The number of halogens is 2. The summed E-state index contributed by atoms with van der Waals surface area (Å²) in [7, 11) is 0. The van der Waals surface area contributed by atoms with Crippen LogP contribution in [0.3, 0.4) is 0 Å². The van der Waals surface area contributed by atoms with Gasteiger partial charge in [0.15, 0.2) is 0 Å². The zero-order valence-corrected chi connectivity index (χ0v) is 19.5. The largest absolute Gasteiger partial charge is 0.309 e. The van der Waals surface area contributed by atoms with Crippen molar-refractivity contribution in [3.8, 4) is 0 Å². The highest BCUT2D eigenvalue weighted by atomic mass is 35.5. The Balaban J connectivity index is 0.00000150. The molecule has 4 rings (SSSR count). The summed E-state index contributed by atoms with van der Waals surface area (Å²) in [6, 6.07) is 11.5. The molecular weight excluding hydrogens is 405 g/mol. The van der Waals surface area contributed by atoms with E-state index in [4.69, 9.17) is 5.10 Å². The molecule has 0 saturated carbocycles. The van der Waals surface area contributed by atoms with Gasteiger partial charge in [-0.05, 0) is 22.6 Å². The number of rotatable bonds is 4. The highest BCUT2D eigenvalue weighted by Crippen LogP contribution is 2.22. The second kappa shape index (κ2) is 10.3. The molecule has 0 atom stereocenters. The third kappa shape index (κ3) is 6.19. The zero-order chi connectivity index (χ0) is 18.9. The van der Waals surface area contributed by atoms with E-state index >= 15 is 0 Å². The number of hydrogen-bond donors (Lipinski definition) is 1. The highest BCUT2D eigenvalue weighted by molar-refractivity contribution is 5.85. The summed E-state index contributed by atoms with van der Waals surface area (Å²) in [5, 5.41) is 8.20. The fourth-order valence-electron chi connectivity index (χ4n) is 4.03. The second-order valence-corrected chi connectivity index (χ2v) is 9.03. The van der Waals surface area contributed by atoms with Gasteiger partial charge in [0.05, 0.1) is 17.9 Å². The van der Waals surface area contributed by atoms with E-state index in [9.17, 15) is 0 Å². The molecular formula is C22H35Cl2N5. The number of benzene rings is 1. The van der Waals surface area contributed by atoms with Gasteiger partial charge in [-0.15, -0.1) is 24.8 Å². The average molecular weight is 440 g/mol. The maximum Gasteiger partial charge on any atom is 0.0768 e. The van der Waals surface area contributed by atoms with E-state index in [1.165, 1.54) is 22.5 Å². The molecule has 1 fully saturated rings. The molecule has 2 aliphatic rings. The lowest BCUT2D eigenvalue weighted by molar-refractivity contribution is 0.121. The summed E-state index contributed by atoms with van der Waals surface area (Å²) in [5.74, 6) is 0. The van der Waals surface area contributed by atoms with Crippen LogP contribution in [-0.2, 0) is 31.6 Å². The minimum atomic E-state index is 0. The summed E-state index contributed by atoms with van der Waals surface area (Å²) in [5.41, 5.74) is 5.61. The number of aromatic nitrogens is 2. The summed E-state index contributed by atoms with van der Waals surface area (Å²) in [4.78, 5) is 5.12. The normalized spacial score (nSPS) is 17.9. The maximum absolute atomic E-state index is 4.78. The number of fused-ring (bicyclic) bond motifs is 1. The van der Waals surface area contributed by atoms with Crippen molar-refractivity contribution >= 4 is 24.8 Å². The molecule has 0 aliphatic carbocycles. The van der Waals surface area contributed by atoms with E-state index in [-0.39, 0.29) is 30.2 Å². The zero-order valence-electron chi connectivity index (χ0n) is 17.9. The molecule has 0 unspecified atom stereocenters. The Labute approximate surface area is 187 Å². The molecule has 0 radical (unpaired) electrons. The lowest BCUT2D eigenvalue weighted by Gasteiger charge is -2.34. The quantitative estimate of drug-likeness (QED) is 0.790. The van der Waals surface area contributed by atoms with Gasteiger partial charge < -0.3 is 5.32 Å². The fourth-order valence-corrected chi connectivity index (χ4v) is 4.03. The fraction of sp³-hybridized carbons (Fsp3) is 0.591. The summed E-state index contributed by atoms with van der Waals surface area (Å²) >= 11 is 0. The van der Waals surface area contributed by atoms with Crippen LogP contribution in [0.5, 0.6) is 0 Å². The Bertz CT molecular complexity index is 735. The Kier molecular flexibility index (Phi) is 8.56. The van der Waals surface area contributed by atoms with Crippen molar-refractivity contribution in [2.45, 2.75) is 52.4 Å². The molecule has 1 saturated heterocycles. The second-order valence-electron chi connectivity index (χ2n) is 9.03. The monoisotopic (exact) mass is 439 g/mol. The summed E-state index contributed by atoms with van der Waals surface area (Å²) in [6.45, 7) is 16.4. The van der Waals surface area contributed by atoms with Crippen LogP contribution in [-0.4, -0.2) is 52.3 Å². The Morgan fingerprint density at radius 1 is 0.897 bits per heavy atom. The van der Waals surface area contributed by atoms with Crippen LogP contribution in [0.15, 0.2) is 30.3 Å². The molecule has 1 aromatic heterocycles. The van der Waals surface area contributed by atoms with Crippen molar-refractivity contribution < 1.29 is 0 Å². The molecule has 1 N–H and O–H groups in total. The molecule has 5 nitrogen and oxygen atoms in total. The topological polar surface area (TPSA) is 36.3 Å². The summed E-state index contributed by atoms with van der Waals surface area (Å²) in [6.07, 6.45) is 0. The third-order valence-electron chi connectivity index (χ3n) is 5.80. The number of piperazine rings is 1. The average Bonchev–Trinajstić information content (AvgIpc) is 3.05. The summed E-state index contributed by atoms with van der Waals surface area (Å²) < 4.78 is 2.17. The van der Waals surface area contributed by atoms with Gasteiger partial charge in [-0.25, -0.2) is 0 Å². The van der Waals surface area contributed by atoms with Gasteiger partial charge >= 0.3 is 0 Å². The molecule has 2 aromatic rings. The van der Waals surface area contributed by atoms with Crippen LogP contribution in [0.4, 0.5) is 0 Å². The highest BCUT2D eigenvalue weighted by Gasteiger charge is 2.20. The predicted octanol–water partition coefficient (Wildman–Crippen LogP) is 3.45. The molecule has 2 aliphatic heterocycles. The van der Waals surface area contributed by atoms with Crippen molar-refractivity contribution in [1.82, 2.24) is 24.9 Å². The van der Waals surface area contributed by atoms with E-state index in [1.54, 1.807) is 0 Å². The van der Waals surface area contributed by atoms with Crippen LogP contribution in [0.2, 0.25) is 0 Å². The Morgan fingerprint density at radius 3 is 2.10 bits per heavy atom.